The number of nitrogens with zero attached hydrogens (tertiary/aromatic N) is 2. The van der Waals surface area contributed by atoms with Gasteiger partial charge in [-0.3, -0.25) is 14.5 Å². The summed E-state index contributed by atoms with van der Waals surface area (Å²) in [4.78, 5) is 30.2. The van der Waals surface area contributed by atoms with Crippen molar-refractivity contribution >= 4 is 34.4 Å². The molecule has 2 aromatic carbocycles. The molecule has 8 heteroatoms. The molecular formula is C20H20FN3O3S. The highest BCUT2D eigenvalue weighted by atomic mass is 32.2. The zero-order chi connectivity index (χ0) is 20.1. The first-order valence-corrected chi connectivity index (χ1v) is 9.58. The topological polar surface area (TPSA) is 85.0 Å². The molecule has 1 aliphatic heterocycles. The van der Waals surface area contributed by atoms with Gasteiger partial charge < -0.3 is 10.5 Å². The van der Waals surface area contributed by atoms with Crippen molar-refractivity contribution in [2.24, 2.45) is 10.7 Å². The van der Waals surface area contributed by atoms with E-state index >= 15 is 0 Å². The second kappa shape index (κ2) is 8.88. The van der Waals surface area contributed by atoms with Gasteiger partial charge in [-0.05, 0) is 48.4 Å². The maximum absolute atomic E-state index is 13.1. The Hall–Kier alpha value is -2.87. The number of methoxy groups -OCH3 is 1. The summed E-state index contributed by atoms with van der Waals surface area (Å²) in [6.45, 7) is 0.406. The normalized spacial score (nSPS) is 18.4. The van der Waals surface area contributed by atoms with Crippen LogP contribution in [0.3, 0.4) is 0 Å². The van der Waals surface area contributed by atoms with E-state index in [0.29, 0.717) is 23.8 Å². The van der Waals surface area contributed by atoms with Crippen molar-refractivity contribution < 1.29 is 18.7 Å². The molecular weight excluding hydrogens is 381 g/mol. The maximum Gasteiger partial charge on any atom is 0.231 e. The number of primary amides is 1. The molecule has 0 aliphatic carbocycles. The second-order valence-electron chi connectivity index (χ2n) is 6.23. The quantitative estimate of drug-likeness (QED) is 0.807. The van der Waals surface area contributed by atoms with Crippen LogP contribution in [-0.2, 0) is 16.0 Å². The van der Waals surface area contributed by atoms with Crippen LogP contribution in [0.25, 0.3) is 0 Å². The Labute approximate surface area is 166 Å². The number of benzene rings is 2. The molecule has 146 valence electrons. The Balaban J connectivity index is 1.81. The van der Waals surface area contributed by atoms with E-state index in [1.54, 1.807) is 12.0 Å². The van der Waals surface area contributed by atoms with Crippen molar-refractivity contribution in [3.05, 3.63) is 59.9 Å². The van der Waals surface area contributed by atoms with Crippen molar-refractivity contribution in [2.75, 3.05) is 13.7 Å². The van der Waals surface area contributed by atoms with Crippen LogP contribution in [-0.4, -0.2) is 40.8 Å². The highest BCUT2D eigenvalue weighted by Crippen LogP contribution is 2.29. The zero-order valence-corrected chi connectivity index (χ0v) is 16.1. The van der Waals surface area contributed by atoms with Gasteiger partial charge in [-0.1, -0.05) is 23.9 Å². The largest absolute Gasteiger partial charge is 0.497 e. The number of rotatable bonds is 6. The number of halogens is 1. The molecule has 0 unspecified atom stereocenters. The minimum atomic E-state index is -0.663. The number of thioether (sulfide) groups is 1. The van der Waals surface area contributed by atoms with E-state index in [1.165, 1.54) is 24.3 Å². The molecule has 2 aromatic rings. The average molecular weight is 401 g/mol. The van der Waals surface area contributed by atoms with Crippen molar-refractivity contribution in [3.8, 4) is 5.75 Å². The monoisotopic (exact) mass is 401 g/mol. The Morgan fingerprint density at radius 3 is 2.54 bits per heavy atom. The number of hydrogen-bond donors (Lipinski definition) is 1. The number of hydrogen-bond acceptors (Lipinski definition) is 5. The van der Waals surface area contributed by atoms with Gasteiger partial charge in [0.05, 0.1) is 18.0 Å². The van der Waals surface area contributed by atoms with Crippen LogP contribution < -0.4 is 10.5 Å². The first kappa shape index (κ1) is 19.9. The molecule has 0 bridgehead atoms. The number of amides is 2. The lowest BCUT2D eigenvalue weighted by Crippen LogP contribution is -2.46. The van der Waals surface area contributed by atoms with E-state index in [1.807, 2.05) is 24.3 Å². The van der Waals surface area contributed by atoms with Crippen LogP contribution >= 0.6 is 11.8 Å². The Morgan fingerprint density at radius 1 is 1.25 bits per heavy atom. The Morgan fingerprint density at radius 2 is 1.93 bits per heavy atom. The van der Waals surface area contributed by atoms with Crippen molar-refractivity contribution in [3.63, 3.8) is 0 Å². The summed E-state index contributed by atoms with van der Waals surface area (Å²) in [6, 6.07) is 13.2. The maximum atomic E-state index is 13.1. The molecule has 1 atom stereocenters. The zero-order valence-electron chi connectivity index (χ0n) is 15.3. The highest BCUT2D eigenvalue weighted by Gasteiger charge is 2.34. The fraction of sp³-hybridized carbons (Fsp3) is 0.250. The lowest BCUT2D eigenvalue weighted by atomic mass is 10.1. The Bertz CT molecular complexity index is 885. The number of aliphatic imine (C=N–C) groups is 1. The van der Waals surface area contributed by atoms with Crippen molar-refractivity contribution in [1.29, 1.82) is 0 Å². The Kier molecular flexibility index (Phi) is 6.30. The molecule has 0 radical (unpaired) electrons. The van der Waals surface area contributed by atoms with E-state index < -0.39 is 11.2 Å². The number of carbonyl (C=O) groups excluding carboxylic acids is 2. The fourth-order valence-electron chi connectivity index (χ4n) is 2.73. The van der Waals surface area contributed by atoms with E-state index in [2.05, 4.69) is 4.99 Å². The van der Waals surface area contributed by atoms with E-state index in [-0.39, 0.29) is 18.1 Å². The molecule has 0 aromatic heterocycles. The molecule has 1 fully saturated rings. The third-order valence-corrected chi connectivity index (χ3v) is 5.50. The molecule has 1 saturated heterocycles. The third-order valence-electron chi connectivity index (χ3n) is 4.29. The fourth-order valence-corrected chi connectivity index (χ4v) is 3.81. The van der Waals surface area contributed by atoms with Gasteiger partial charge in [0.2, 0.25) is 11.8 Å². The van der Waals surface area contributed by atoms with Gasteiger partial charge in [0, 0.05) is 13.0 Å². The molecule has 0 saturated carbocycles. The second-order valence-corrected chi connectivity index (χ2v) is 7.40. The summed E-state index contributed by atoms with van der Waals surface area (Å²) < 4.78 is 18.3. The van der Waals surface area contributed by atoms with Crippen LogP contribution in [0.1, 0.15) is 12.0 Å². The average Bonchev–Trinajstić information content (AvgIpc) is 2.69. The van der Waals surface area contributed by atoms with Gasteiger partial charge >= 0.3 is 0 Å². The van der Waals surface area contributed by atoms with Crippen molar-refractivity contribution in [2.45, 2.75) is 18.1 Å². The molecule has 3 rings (SSSR count). The summed E-state index contributed by atoms with van der Waals surface area (Å²) in [7, 11) is 1.60. The first-order chi connectivity index (χ1) is 13.5. The predicted octanol–water partition coefficient (Wildman–Crippen LogP) is 2.88. The predicted molar refractivity (Wildman–Crippen MR) is 107 cm³/mol. The molecule has 2 N–H and O–H groups in total. The smallest absolute Gasteiger partial charge is 0.231 e. The number of carbonyl (C=O) groups is 2. The van der Waals surface area contributed by atoms with Gasteiger partial charge in [0.25, 0.3) is 0 Å². The molecule has 0 spiro atoms. The summed E-state index contributed by atoms with van der Waals surface area (Å²) in [5.41, 5.74) is 6.93. The van der Waals surface area contributed by atoms with Gasteiger partial charge in [-0.25, -0.2) is 9.38 Å². The third kappa shape index (κ3) is 4.89. The molecule has 6 nitrogen and oxygen atoms in total. The van der Waals surface area contributed by atoms with Crippen LogP contribution in [0.2, 0.25) is 0 Å². The summed E-state index contributed by atoms with van der Waals surface area (Å²) in [5, 5.41) is -0.274. The minimum absolute atomic E-state index is 0.0328. The van der Waals surface area contributed by atoms with Crippen LogP contribution in [0.15, 0.2) is 53.5 Å². The molecule has 28 heavy (non-hydrogen) atoms. The van der Waals surface area contributed by atoms with Crippen molar-refractivity contribution in [1.82, 2.24) is 4.90 Å². The molecule has 2 amide bonds. The molecule has 1 aliphatic rings. The van der Waals surface area contributed by atoms with Gasteiger partial charge in [0.15, 0.2) is 5.17 Å². The van der Waals surface area contributed by atoms with Gasteiger partial charge in [-0.15, -0.1) is 0 Å². The van der Waals surface area contributed by atoms with Gasteiger partial charge in [0.1, 0.15) is 11.6 Å². The summed E-state index contributed by atoms with van der Waals surface area (Å²) >= 11 is 1.16. The lowest BCUT2D eigenvalue weighted by molar-refractivity contribution is -0.129. The molecule has 1 heterocycles. The number of amidine groups is 1. The summed E-state index contributed by atoms with van der Waals surface area (Å²) in [6.07, 6.45) is 0.644. The lowest BCUT2D eigenvalue weighted by Gasteiger charge is -2.31. The summed E-state index contributed by atoms with van der Waals surface area (Å²) in [5.74, 6) is -0.379. The standard InChI is InChI=1S/C20H20FN3O3S/c1-27-16-8-2-13(3-9-16)10-11-24-18(25)12-17(19(22)26)28-20(24)23-15-6-4-14(21)5-7-15/h2-9,17H,10-12H2,1H3,(H2,22,26)/t17-/m0/s1. The van der Waals surface area contributed by atoms with Gasteiger partial charge in [-0.2, -0.15) is 0 Å². The van der Waals surface area contributed by atoms with E-state index in [0.717, 1.165) is 23.1 Å². The SMILES string of the molecule is COc1ccc(CCN2C(=O)C[C@@H](C(N)=O)SC2=Nc2ccc(F)cc2)cc1. The number of ether oxygens (including phenoxy) is 1. The van der Waals surface area contributed by atoms with Crippen LogP contribution in [0, 0.1) is 5.82 Å². The van der Waals surface area contributed by atoms with E-state index in [9.17, 15) is 14.0 Å². The minimum Gasteiger partial charge on any atom is -0.497 e. The van der Waals surface area contributed by atoms with E-state index in [4.69, 9.17) is 10.5 Å². The van der Waals surface area contributed by atoms with Crippen LogP contribution in [0.4, 0.5) is 10.1 Å². The highest BCUT2D eigenvalue weighted by molar-refractivity contribution is 8.15. The first-order valence-electron chi connectivity index (χ1n) is 8.70. The van der Waals surface area contributed by atoms with Crippen LogP contribution in [0.5, 0.6) is 5.75 Å². The number of nitrogens with two attached hydrogens (primary N) is 1.